The van der Waals surface area contributed by atoms with Crippen molar-refractivity contribution in [1.82, 2.24) is 15.0 Å². The zero-order valence-corrected chi connectivity index (χ0v) is 32.5. The summed E-state index contributed by atoms with van der Waals surface area (Å²) >= 11 is 0. The molecule has 0 aliphatic heterocycles. The van der Waals surface area contributed by atoms with Gasteiger partial charge >= 0.3 is 0 Å². The van der Waals surface area contributed by atoms with Crippen LogP contribution < -0.4 is 0 Å². The van der Waals surface area contributed by atoms with E-state index < -0.39 is 5.41 Å². The third-order valence-electron chi connectivity index (χ3n) is 13.3. The standard InChI is InChI=1S/C55H35N3O/c1-54(2)43-22-9-5-17-36(43)39-28-26-34(31-47(39)54)52-56-51(57-53(58-52)40-21-13-15-32-14-3-4-16-35(32)40)33-27-29-46-42(30-33)49-41-20-8-12-25-48(41)59-50(49)55(46)44-23-10-6-18-37(44)38-19-7-11-24-45(38)55/h3-31H,1-2H3. The third-order valence-corrected chi connectivity index (χ3v) is 13.3. The van der Waals surface area contributed by atoms with Gasteiger partial charge in [-0.25, -0.2) is 15.0 Å². The molecule has 3 aliphatic rings. The number of aromatic nitrogens is 3. The van der Waals surface area contributed by atoms with Crippen molar-refractivity contribution in [2.75, 3.05) is 0 Å². The molecule has 3 aliphatic carbocycles. The van der Waals surface area contributed by atoms with Gasteiger partial charge in [0.05, 0.1) is 0 Å². The van der Waals surface area contributed by atoms with Crippen LogP contribution in [0.4, 0.5) is 0 Å². The highest BCUT2D eigenvalue weighted by Gasteiger charge is 2.55. The number of hydrogen-bond acceptors (Lipinski definition) is 4. The van der Waals surface area contributed by atoms with E-state index in [0.717, 1.165) is 55.3 Å². The lowest BCUT2D eigenvalue weighted by molar-refractivity contribution is 0.507. The van der Waals surface area contributed by atoms with Crippen LogP contribution in [-0.4, -0.2) is 15.0 Å². The molecule has 0 bridgehead atoms. The monoisotopic (exact) mass is 753 g/mol. The summed E-state index contributed by atoms with van der Waals surface area (Å²) in [5.74, 6) is 2.90. The molecule has 0 saturated carbocycles. The third kappa shape index (κ3) is 4.25. The summed E-state index contributed by atoms with van der Waals surface area (Å²) in [5.41, 5.74) is 16.7. The van der Waals surface area contributed by atoms with Crippen molar-refractivity contribution in [1.29, 1.82) is 0 Å². The lowest BCUT2D eigenvalue weighted by atomic mass is 9.73. The second-order valence-electron chi connectivity index (χ2n) is 16.7. The number of rotatable bonds is 3. The highest BCUT2D eigenvalue weighted by molar-refractivity contribution is 6.05. The van der Waals surface area contributed by atoms with Crippen LogP contribution in [0, 0.1) is 0 Å². The molecule has 0 fully saturated rings. The maximum absolute atomic E-state index is 7.02. The van der Waals surface area contributed by atoms with Gasteiger partial charge < -0.3 is 4.42 Å². The maximum atomic E-state index is 7.02. The lowest BCUT2D eigenvalue weighted by Gasteiger charge is -2.28. The second-order valence-corrected chi connectivity index (χ2v) is 16.7. The van der Waals surface area contributed by atoms with Crippen molar-refractivity contribution in [3.63, 3.8) is 0 Å². The van der Waals surface area contributed by atoms with Gasteiger partial charge in [-0.05, 0) is 84.6 Å². The van der Waals surface area contributed by atoms with Gasteiger partial charge in [-0.3, -0.25) is 0 Å². The largest absolute Gasteiger partial charge is 0.459 e. The molecule has 0 saturated heterocycles. The minimum absolute atomic E-state index is 0.158. The van der Waals surface area contributed by atoms with Gasteiger partial charge in [-0.2, -0.15) is 0 Å². The Kier molecular flexibility index (Phi) is 6.41. The molecule has 1 spiro atoms. The molecule has 2 heterocycles. The molecule has 0 radical (unpaired) electrons. The smallest absolute Gasteiger partial charge is 0.164 e. The maximum Gasteiger partial charge on any atom is 0.164 e. The second kappa shape index (κ2) is 11.6. The first-order valence-electron chi connectivity index (χ1n) is 20.4. The molecule has 4 heteroatoms. The SMILES string of the molecule is CC1(C)c2ccccc2-c2ccc(-c3nc(-c4ccc5c(c4)-c4c(oc6ccccc46)C54c5ccccc5-c5ccccc54)nc(-c4cccc5ccccc45)n3)cc21. The van der Waals surface area contributed by atoms with Crippen molar-refractivity contribution in [3.05, 3.63) is 210 Å². The molecule has 0 atom stereocenters. The topological polar surface area (TPSA) is 51.8 Å². The number of hydrogen-bond donors (Lipinski definition) is 0. The van der Waals surface area contributed by atoms with E-state index in [4.69, 9.17) is 19.4 Å². The van der Waals surface area contributed by atoms with Gasteiger partial charge in [0.25, 0.3) is 0 Å². The van der Waals surface area contributed by atoms with E-state index >= 15 is 0 Å². The average molecular weight is 754 g/mol. The summed E-state index contributed by atoms with van der Waals surface area (Å²) in [5, 5.41) is 3.35. The fourth-order valence-corrected chi connectivity index (χ4v) is 10.7. The van der Waals surface area contributed by atoms with Gasteiger partial charge in [0.2, 0.25) is 0 Å². The normalized spacial score (nSPS) is 14.5. The van der Waals surface area contributed by atoms with E-state index in [2.05, 4.69) is 190 Å². The Morgan fingerprint density at radius 1 is 0.390 bits per heavy atom. The van der Waals surface area contributed by atoms with Crippen LogP contribution in [0.25, 0.3) is 89.3 Å². The molecule has 0 unspecified atom stereocenters. The zero-order chi connectivity index (χ0) is 39.0. The van der Waals surface area contributed by atoms with Crippen LogP contribution in [-0.2, 0) is 10.8 Å². The molecular weight excluding hydrogens is 719 g/mol. The summed E-state index contributed by atoms with van der Waals surface area (Å²) in [6.07, 6.45) is 0. The van der Waals surface area contributed by atoms with Crippen molar-refractivity contribution in [3.8, 4) is 67.5 Å². The van der Waals surface area contributed by atoms with Gasteiger partial charge in [-0.1, -0.05) is 172 Å². The molecule has 0 amide bonds. The summed E-state index contributed by atoms with van der Waals surface area (Å²) in [7, 11) is 0. The van der Waals surface area contributed by atoms with Crippen LogP contribution in [0.1, 0.15) is 47.4 Å². The predicted octanol–water partition coefficient (Wildman–Crippen LogP) is 13.4. The molecule has 0 N–H and O–H groups in total. The summed E-state index contributed by atoms with van der Waals surface area (Å²) < 4.78 is 7.02. The lowest BCUT2D eigenvalue weighted by Crippen LogP contribution is -2.25. The van der Waals surface area contributed by atoms with Crippen molar-refractivity contribution < 1.29 is 4.42 Å². The number of furan rings is 1. The summed E-state index contributed by atoms with van der Waals surface area (Å²) in [6, 6.07) is 63.2. The summed E-state index contributed by atoms with van der Waals surface area (Å²) in [6.45, 7) is 4.63. The zero-order valence-electron chi connectivity index (χ0n) is 32.5. The Hall–Kier alpha value is -7.43. The van der Waals surface area contributed by atoms with E-state index in [0.29, 0.717) is 17.5 Å². The Balaban J connectivity index is 1.06. The molecule has 59 heavy (non-hydrogen) atoms. The summed E-state index contributed by atoms with van der Waals surface area (Å²) in [4.78, 5) is 16.0. The van der Waals surface area contributed by atoms with Crippen molar-refractivity contribution in [2.45, 2.75) is 24.7 Å². The van der Waals surface area contributed by atoms with Crippen LogP contribution in [0.3, 0.4) is 0 Å². The molecule has 8 aromatic carbocycles. The fourth-order valence-electron chi connectivity index (χ4n) is 10.7. The van der Waals surface area contributed by atoms with Crippen molar-refractivity contribution >= 4 is 21.7 Å². The first kappa shape index (κ1) is 32.6. The Labute approximate surface area is 341 Å². The minimum atomic E-state index is -0.595. The molecule has 2 aromatic heterocycles. The quantitative estimate of drug-likeness (QED) is 0.180. The van der Waals surface area contributed by atoms with E-state index in [9.17, 15) is 0 Å². The molecular formula is C55H35N3O. The van der Waals surface area contributed by atoms with Crippen LogP contribution in [0.2, 0.25) is 0 Å². The van der Waals surface area contributed by atoms with E-state index in [1.807, 2.05) is 0 Å². The number of nitrogens with zero attached hydrogens (tertiary/aromatic N) is 3. The van der Waals surface area contributed by atoms with E-state index in [1.54, 1.807) is 0 Å². The first-order valence-corrected chi connectivity index (χ1v) is 20.4. The molecule has 13 rings (SSSR count). The van der Waals surface area contributed by atoms with E-state index in [-0.39, 0.29) is 5.41 Å². The van der Waals surface area contributed by atoms with Crippen LogP contribution >= 0.6 is 0 Å². The molecule has 276 valence electrons. The average Bonchev–Trinajstić information content (AvgIpc) is 3.98. The van der Waals surface area contributed by atoms with Crippen molar-refractivity contribution in [2.24, 2.45) is 0 Å². The first-order chi connectivity index (χ1) is 29.0. The molecule has 4 nitrogen and oxygen atoms in total. The van der Waals surface area contributed by atoms with E-state index in [1.165, 1.54) is 50.1 Å². The Bertz CT molecular complexity index is 3390. The highest BCUT2D eigenvalue weighted by Crippen LogP contribution is 2.64. The predicted molar refractivity (Wildman–Crippen MR) is 237 cm³/mol. The number of fused-ring (bicyclic) bond motifs is 16. The Morgan fingerprint density at radius 2 is 0.915 bits per heavy atom. The van der Waals surface area contributed by atoms with Gasteiger partial charge in [0, 0.05) is 33.1 Å². The van der Waals surface area contributed by atoms with Gasteiger partial charge in [-0.15, -0.1) is 0 Å². The van der Waals surface area contributed by atoms with Crippen LogP contribution in [0.15, 0.2) is 180 Å². The molecule has 10 aromatic rings. The highest BCUT2D eigenvalue weighted by atomic mass is 16.3. The number of benzene rings is 8. The number of para-hydroxylation sites is 1. The fraction of sp³-hybridized carbons (Fsp3) is 0.0727. The van der Waals surface area contributed by atoms with Gasteiger partial charge in [0.15, 0.2) is 17.5 Å². The van der Waals surface area contributed by atoms with Crippen LogP contribution in [0.5, 0.6) is 0 Å². The minimum Gasteiger partial charge on any atom is -0.459 e. The van der Waals surface area contributed by atoms with Gasteiger partial charge in [0.1, 0.15) is 16.8 Å². The Morgan fingerprint density at radius 3 is 1.68 bits per heavy atom.